The predicted molar refractivity (Wildman–Crippen MR) is 72.2 cm³/mol. The maximum absolute atomic E-state index is 5.25. The molecule has 15 heavy (non-hydrogen) atoms. The standard InChI is InChI=1S/C12H11IOS/c1-9-12(6-7-14-9)15-8-10-2-4-11(13)5-3-10/h2-7H,8H2,1H3. The number of hydrogen-bond donors (Lipinski definition) is 0. The quantitative estimate of drug-likeness (QED) is 0.608. The average Bonchev–Trinajstić information content (AvgIpc) is 2.63. The minimum Gasteiger partial charge on any atom is -0.468 e. The minimum absolute atomic E-state index is 0.997. The smallest absolute Gasteiger partial charge is 0.114 e. The van der Waals surface area contributed by atoms with Crippen LogP contribution in [0.1, 0.15) is 11.3 Å². The van der Waals surface area contributed by atoms with Crippen LogP contribution in [0.4, 0.5) is 0 Å². The van der Waals surface area contributed by atoms with Crippen LogP contribution in [-0.2, 0) is 5.75 Å². The highest BCUT2D eigenvalue weighted by atomic mass is 127. The summed E-state index contributed by atoms with van der Waals surface area (Å²) in [5, 5.41) is 0. The van der Waals surface area contributed by atoms with E-state index in [4.69, 9.17) is 4.42 Å². The Kier molecular flexibility index (Phi) is 3.75. The molecule has 0 aliphatic heterocycles. The summed E-state index contributed by atoms with van der Waals surface area (Å²) < 4.78 is 6.53. The Morgan fingerprint density at radius 1 is 1.20 bits per heavy atom. The first-order valence-electron chi connectivity index (χ1n) is 4.67. The number of thioether (sulfide) groups is 1. The molecule has 78 valence electrons. The molecule has 0 bridgehead atoms. The van der Waals surface area contributed by atoms with Crippen molar-refractivity contribution in [1.82, 2.24) is 0 Å². The fourth-order valence-corrected chi connectivity index (χ4v) is 2.54. The summed E-state index contributed by atoms with van der Waals surface area (Å²) in [4.78, 5) is 1.23. The predicted octanol–water partition coefficient (Wildman–Crippen LogP) is 4.48. The van der Waals surface area contributed by atoms with Crippen molar-refractivity contribution in [2.24, 2.45) is 0 Å². The van der Waals surface area contributed by atoms with Gasteiger partial charge >= 0.3 is 0 Å². The lowest BCUT2D eigenvalue weighted by Gasteiger charge is -2.00. The van der Waals surface area contributed by atoms with E-state index >= 15 is 0 Å². The molecular weight excluding hydrogens is 319 g/mol. The highest BCUT2D eigenvalue weighted by Crippen LogP contribution is 2.26. The van der Waals surface area contributed by atoms with Crippen LogP contribution in [0.3, 0.4) is 0 Å². The van der Waals surface area contributed by atoms with Gasteiger partial charge in [-0.25, -0.2) is 0 Å². The van der Waals surface area contributed by atoms with Gasteiger partial charge in [0.15, 0.2) is 0 Å². The van der Waals surface area contributed by atoms with Crippen LogP contribution in [-0.4, -0.2) is 0 Å². The van der Waals surface area contributed by atoms with Crippen molar-refractivity contribution in [3.63, 3.8) is 0 Å². The third kappa shape index (κ3) is 3.01. The fraction of sp³-hybridized carbons (Fsp3) is 0.167. The van der Waals surface area contributed by atoms with Crippen molar-refractivity contribution in [2.75, 3.05) is 0 Å². The van der Waals surface area contributed by atoms with Crippen molar-refractivity contribution in [2.45, 2.75) is 17.6 Å². The van der Waals surface area contributed by atoms with Crippen LogP contribution in [0.25, 0.3) is 0 Å². The van der Waals surface area contributed by atoms with Crippen molar-refractivity contribution in [1.29, 1.82) is 0 Å². The van der Waals surface area contributed by atoms with E-state index in [1.54, 1.807) is 6.26 Å². The lowest BCUT2D eigenvalue weighted by atomic mass is 10.2. The van der Waals surface area contributed by atoms with Gasteiger partial charge in [0.05, 0.1) is 6.26 Å². The number of aryl methyl sites for hydroxylation is 1. The van der Waals surface area contributed by atoms with E-state index in [0.29, 0.717) is 0 Å². The van der Waals surface area contributed by atoms with Gasteiger partial charge in [-0.05, 0) is 53.3 Å². The van der Waals surface area contributed by atoms with E-state index in [-0.39, 0.29) is 0 Å². The Labute approximate surface area is 107 Å². The third-order valence-electron chi connectivity index (χ3n) is 2.12. The summed E-state index contributed by atoms with van der Waals surface area (Å²) in [5.41, 5.74) is 1.35. The van der Waals surface area contributed by atoms with Gasteiger partial charge in [0, 0.05) is 14.2 Å². The molecule has 0 aliphatic carbocycles. The topological polar surface area (TPSA) is 13.1 Å². The van der Waals surface area contributed by atoms with E-state index in [1.165, 1.54) is 14.0 Å². The van der Waals surface area contributed by atoms with Gasteiger partial charge in [0.1, 0.15) is 5.76 Å². The van der Waals surface area contributed by atoms with Crippen molar-refractivity contribution >= 4 is 34.4 Å². The highest BCUT2D eigenvalue weighted by Gasteiger charge is 2.02. The van der Waals surface area contributed by atoms with Gasteiger partial charge in [-0.1, -0.05) is 12.1 Å². The lowest BCUT2D eigenvalue weighted by molar-refractivity contribution is 0.527. The molecule has 1 heterocycles. The molecule has 0 saturated heterocycles. The number of hydrogen-bond acceptors (Lipinski definition) is 2. The number of benzene rings is 1. The number of furan rings is 1. The maximum atomic E-state index is 5.25. The molecule has 2 aromatic rings. The molecule has 2 rings (SSSR count). The molecule has 1 aromatic carbocycles. The Bertz CT molecular complexity index is 433. The first kappa shape index (κ1) is 11.1. The Morgan fingerprint density at radius 3 is 2.53 bits per heavy atom. The van der Waals surface area contributed by atoms with Crippen molar-refractivity contribution < 1.29 is 4.42 Å². The van der Waals surface area contributed by atoms with Gasteiger partial charge in [-0.15, -0.1) is 11.8 Å². The van der Waals surface area contributed by atoms with Gasteiger partial charge < -0.3 is 4.42 Å². The second-order valence-electron chi connectivity index (χ2n) is 3.26. The Balaban J connectivity index is 1.99. The van der Waals surface area contributed by atoms with Crippen LogP contribution < -0.4 is 0 Å². The molecule has 0 saturated carbocycles. The van der Waals surface area contributed by atoms with Gasteiger partial charge in [0.25, 0.3) is 0 Å². The van der Waals surface area contributed by atoms with Gasteiger partial charge in [-0.2, -0.15) is 0 Å². The van der Waals surface area contributed by atoms with Crippen LogP contribution >= 0.6 is 34.4 Å². The molecule has 0 N–H and O–H groups in total. The normalized spacial score (nSPS) is 10.5. The lowest BCUT2D eigenvalue weighted by Crippen LogP contribution is -1.80. The van der Waals surface area contributed by atoms with Crippen molar-refractivity contribution in [3.8, 4) is 0 Å². The number of rotatable bonds is 3. The monoisotopic (exact) mass is 330 g/mol. The third-order valence-corrected chi connectivity index (χ3v) is 4.05. The fourth-order valence-electron chi connectivity index (χ4n) is 1.26. The second kappa shape index (κ2) is 5.07. The van der Waals surface area contributed by atoms with Crippen LogP contribution in [0.2, 0.25) is 0 Å². The zero-order chi connectivity index (χ0) is 10.7. The second-order valence-corrected chi connectivity index (χ2v) is 5.52. The minimum atomic E-state index is 0.997. The first-order valence-corrected chi connectivity index (χ1v) is 6.73. The van der Waals surface area contributed by atoms with E-state index < -0.39 is 0 Å². The molecule has 0 amide bonds. The van der Waals surface area contributed by atoms with Crippen LogP contribution in [0, 0.1) is 10.5 Å². The van der Waals surface area contributed by atoms with Crippen molar-refractivity contribution in [3.05, 3.63) is 51.5 Å². The van der Waals surface area contributed by atoms with Gasteiger partial charge in [0.2, 0.25) is 0 Å². The molecule has 1 nitrogen and oxygen atoms in total. The summed E-state index contributed by atoms with van der Waals surface area (Å²) in [6, 6.07) is 10.6. The SMILES string of the molecule is Cc1occc1SCc1ccc(I)cc1. The summed E-state index contributed by atoms with van der Waals surface area (Å²) >= 11 is 4.14. The van der Waals surface area contributed by atoms with Gasteiger partial charge in [-0.3, -0.25) is 0 Å². The Morgan fingerprint density at radius 2 is 1.93 bits per heavy atom. The maximum Gasteiger partial charge on any atom is 0.114 e. The molecule has 0 fully saturated rings. The molecule has 1 aromatic heterocycles. The largest absolute Gasteiger partial charge is 0.468 e. The Hall–Kier alpha value is -0.420. The molecule has 0 spiro atoms. The number of halogens is 1. The summed E-state index contributed by atoms with van der Waals surface area (Å²) in [6.45, 7) is 2.00. The van der Waals surface area contributed by atoms with E-state index in [2.05, 4.69) is 46.9 Å². The molecule has 0 aliphatic rings. The average molecular weight is 330 g/mol. The summed E-state index contributed by atoms with van der Waals surface area (Å²) in [7, 11) is 0. The van der Waals surface area contributed by atoms with Crippen LogP contribution in [0.15, 0.2) is 45.9 Å². The molecule has 0 unspecified atom stereocenters. The molecule has 3 heteroatoms. The van der Waals surface area contributed by atoms with E-state index in [9.17, 15) is 0 Å². The molecular formula is C12H11IOS. The van der Waals surface area contributed by atoms with E-state index in [0.717, 1.165) is 11.5 Å². The van der Waals surface area contributed by atoms with Crippen LogP contribution in [0.5, 0.6) is 0 Å². The highest BCUT2D eigenvalue weighted by molar-refractivity contribution is 14.1. The zero-order valence-corrected chi connectivity index (χ0v) is 11.3. The molecule has 0 radical (unpaired) electrons. The first-order chi connectivity index (χ1) is 7.25. The van der Waals surface area contributed by atoms with E-state index in [1.807, 2.05) is 24.8 Å². The zero-order valence-electron chi connectivity index (χ0n) is 8.37. The molecule has 0 atom stereocenters. The summed E-state index contributed by atoms with van der Waals surface area (Å²) in [5.74, 6) is 2.00. The summed E-state index contributed by atoms with van der Waals surface area (Å²) in [6.07, 6.45) is 1.74.